The molecule has 0 amide bonds. The van der Waals surface area contributed by atoms with Crippen molar-refractivity contribution in [3.63, 3.8) is 0 Å². The molecule has 0 aliphatic rings. The lowest BCUT2D eigenvalue weighted by Crippen LogP contribution is -2.33. The van der Waals surface area contributed by atoms with Gasteiger partial charge in [-0.15, -0.1) is 11.3 Å². The summed E-state index contributed by atoms with van der Waals surface area (Å²) >= 11 is 1.30. The molecule has 0 saturated heterocycles. The number of halogens is 1. The van der Waals surface area contributed by atoms with Gasteiger partial charge in [-0.05, 0) is 48.0 Å². The molecule has 2 aromatic carbocycles. The van der Waals surface area contributed by atoms with Gasteiger partial charge in [-0.25, -0.2) is 9.37 Å². The van der Waals surface area contributed by atoms with Crippen molar-refractivity contribution in [1.82, 2.24) is 14.8 Å². The van der Waals surface area contributed by atoms with Crippen LogP contribution in [0.3, 0.4) is 0 Å². The number of aromatic amines is 1. The first-order chi connectivity index (χ1) is 13.0. The summed E-state index contributed by atoms with van der Waals surface area (Å²) in [5, 5.41) is 15.5. The fraction of sp³-hybridized carbons (Fsp3) is 0. The zero-order chi connectivity index (χ0) is 19.0. The summed E-state index contributed by atoms with van der Waals surface area (Å²) in [7, 11) is 0. The molecule has 4 rings (SSSR count). The number of nitrogens with one attached hydrogen (secondary N) is 1. The lowest BCUT2D eigenvalue weighted by Gasteiger charge is -1.96. The molecule has 0 radical (unpaired) electrons. The first-order valence-corrected chi connectivity index (χ1v) is 8.92. The van der Waals surface area contributed by atoms with Gasteiger partial charge in [0.25, 0.3) is 5.56 Å². The van der Waals surface area contributed by atoms with E-state index < -0.39 is 0 Å². The number of rotatable bonds is 3. The van der Waals surface area contributed by atoms with E-state index in [9.17, 15) is 14.3 Å². The van der Waals surface area contributed by atoms with Crippen LogP contribution < -0.4 is 16.1 Å². The highest BCUT2D eigenvalue weighted by Gasteiger charge is 2.10. The number of phenols is 1. The molecule has 27 heavy (non-hydrogen) atoms. The van der Waals surface area contributed by atoms with E-state index in [4.69, 9.17) is 0 Å². The third kappa shape index (κ3) is 3.32. The molecule has 0 aliphatic carbocycles. The molecule has 0 unspecified atom stereocenters. The molecule has 0 aliphatic heterocycles. The van der Waals surface area contributed by atoms with Crippen molar-refractivity contribution in [1.29, 1.82) is 0 Å². The van der Waals surface area contributed by atoms with E-state index in [1.54, 1.807) is 42.5 Å². The molecule has 0 fully saturated rings. The predicted octanol–water partition coefficient (Wildman–Crippen LogP) is 2.37. The van der Waals surface area contributed by atoms with Crippen LogP contribution in [0, 0.1) is 5.82 Å². The van der Waals surface area contributed by atoms with Gasteiger partial charge in [-0.3, -0.25) is 9.89 Å². The average molecular weight is 379 g/mol. The maximum Gasteiger partial charge on any atom is 0.281 e. The number of H-pyrrole nitrogens is 1. The molecule has 2 N–H and O–H groups in total. The Morgan fingerprint density at radius 3 is 2.56 bits per heavy atom. The van der Waals surface area contributed by atoms with E-state index >= 15 is 0 Å². The Bertz CT molecular complexity index is 1270. The monoisotopic (exact) mass is 379 g/mol. The van der Waals surface area contributed by atoms with Crippen molar-refractivity contribution in [2.24, 2.45) is 0 Å². The molecular weight excluding hydrogens is 365 g/mol. The molecule has 0 saturated carbocycles. The molecular formula is C20H14FN3O2S. The molecule has 2 heterocycles. The second-order valence-corrected chi connectivity index (χ2v) is 6.74. The summed E-state index contributed by atoms with van der Waals surface area (Å²) < 4.78 is 14.4. The Hall–Kier alpha value is -3.45. The summed E-state index contributed by atoms with van der Waals surface area (Å²) in [5.74, 6) is -0.157. The fourth-order valence-corrected chi connectivity index (χ4v) is 3.43. The Balaban J connectivity index is 1.76. The van der Waals surface area contributed by atoms with Crippen LogP contribution in [-0.2, 0) is 0 Å². The molecule has 2 aromatic heterocycles. The third-order valence-corrected chi connectivity index (χ3v) is 4.86. The van der Waals surface area contributed by atoms with Crippen LogP contribution in [0.15, 0.2) is 58.7 Å². The maximum absolute atomic E-state index is 13.1. The number of aromatic hydroxyl groups is 1. The van der Waals surface area contributed by atoms with Crippen LogP contribution in [-0.4, -0.2) is 19.9 Å². The summed E-state index contributed by atoms with van der Waals surface area (Å²) in [6, 6.07) is 12.5. The van der Waals surface area contributed by atoms with Crippen LogP contribution in [0.4, 0.5) is 4.39 Å². The topological polar surface area (TPSA) is 70.9 Å². The Morgan fingerprint density at radius 2 is 1.85 bits per heavy atom. The molecule has 7 heteroatoms. The van der Waals surface area contributed by atoms with Gasteiger partial charge in [0, 0.05) is 10.9 Å². The minimum absolute atomic E-state index is 0.157. The van der Waals surface area contributed by atoms with Crippen molar-refractivity contribution in [2.45, 2.75) is 0 Å². The Labute approximate surface area is 157 Å². The Morgan fingerprint density at radius 1 is 1.15 bits per heavy atom. The highest BCUT2D eigenvalue weighted by Crippen LogP contribution is 2.23. The summed E-state index contributed by atoms with van der Waals surface area (Å²) in [4.78, 5) is 17.2. The largest absolute Gasteiger partial charge is 0.508 e. The Kier molecular flexibility index (Phi) is 4.21. The first kappa shape index (κ1) is 17.0. The van der Waals surface area contributed by atoms with Crippen molar-refractivity contribution in [2.75, 3.05) is 0 Å². The molecule has 0 bridgehead atoms. The van der Waals surface area contributed by atoms with Gasteiger partial charge >= 0.3 is 0 Å². The zero-order valence-electron chi connectivity index (χ0n) is 14.0. The van der Waals surface area contributed by atoms with Gasteiger partial charge in [0.15, 0.2) is 0 Å². The number of phenolic OH excluding ortho intramolecular Hbond substituents is 1. The predicted molar refractivity (Wildman–Crippen MR) is 104 cm³/mol. The van der Waals surface area contributed by atoms with Crippen LogP contribution >= 0.6 is 11.3 Å². The van der Waals surface area contributed by atoms with Gasteiger partial charge in [0.1, 0.15) is 11.6 Å². The van der Waals surface area contributed by atoms with Crippen LogP contribution in [0.25, 0.3) is 29.0 Å². The van der Waals surface area contributed by atoms with Crippen molar-refractivity contribution in [3.05, 3.63) is 86.2 Å². The van der Waals surface area contributed by atoms with Crippen LogP contribution in [0.2, 0.25) is 0 Å². The quantitative estimate of drug-likeness (QED) is 0.574. The highest BCUT2D eigenvalue weighted by atomic mass is 32.1. The summed E-state index contributed by atoms with van der Waals surface area (Å²) in [5.41, 5.74) is 1.93. The normalized spacial score (nSPS) is 11.8. The maximum atomic E-state index is 13.1. The van der Waals surface area contributed by atoms with Gasteiger partial charge in [-0.2, -0.15) is 4.68 Å². The van der Waals surface area contributed by atoms with E-state index in [1.165, 1.54) is 28.2 Å². The first-order valence-electron chi connectivity index (χ1n) is 8.04. The lowest BCUT2D eigenvalue weighted by atomic mass is 10.2. The van der Waals surface area contributed by atoms with Crippen LogP contribution in [0.5, 0.6) is 5.75 Å². The van der Waals surface area contributed by atoms with Gasteiger partial charge in [0.05, 0.1) is 16.3 Å². The standard InChI is InChI=1S/C20H14FN3O2S/c1-12-17(10-13-2-8-16(25)9-3-13)19(26)24(23-12)20-22-18(11-27-20)14-4-6-15(21)7-5-14/h2-11,23,25H,1H2. The van der Waals surface area contributed by atoms with E-state index in [-0.39, 0.29) is 17.1 Å². The molecule has 0 atom stereocenters. The van der Waals surface area contributed by atoms with E-state index in [0.29, 0.717) is 21.4 Å². The molecule has 0 spiro atoms. The van der Waals surface area contributed by atoms with Gasteiger partial charge in [0.2, 0.25) is 5.13 Å². The minimum Gasteiger partial charge on any atom is -0.508 e. The summed E-state index contributed by atoms with van der Waals surface area (Å²) in [6.07, 6.45) is 1.70. The minimum atomic E-state index is -0.314. The molecule has 134 valence electrons. The number of hydrogen-bond donors (Lipinski definition) is 2. The van der Waals surface area contributed by atoms with Gasteiger partial charge < -0.3 is 5.11 Å². The van der Waals surface area contributed by atoms with Gasteiger partial charge in [-0.1, -0.05) is 18.7 Å². The van der Waals surface area contributed by atoms with E-state index in [0.717, 1.165) is 11.1 Å². The second-order valence-electron chi connectivity index (χ2n) is 5.90. The number of nitrogens with zero attached hydrogens (tertiary/aromatic N) is 2. The number of benzene rings is 2. The number of thiazole rings is 1. The highest BCUT2D eigenvalue weighted by molar-refractivity contribution is 7.12. The van der Waals surface area contributed by atoms with Crippen molar-refractivity contribution in [3.8, 4) is 22.1 Å². The smallest absolute Gasteiger partial charge is 0.281 e. The number of hydrogen-bond acceptors (Lipinski definition) is 4. The lowest BCUT2D eigenvalue weighted by molar-refractivity contribution is 0.475. The average Bonchev–Trinajstić information content (AvgIpc) is 3.24. The van der Waals surface area contributed by atoms with Crippen molar-refractivity contribution < 1.29 is 9.50 Å². The molecule has 5 nitrogen and oxygen atoms in total. The van der Waals surface area contributed by atoms with E-state index in [2.05, 4.69) is 16.7 Å². The van der Waals surface area contributed by atoms with Crippen LogP contribution in [0.1, 0.15) is 5.56 Å². The number of aromatic nitrogens is 3. The fourth-order valence-electron chi connectivity index (χ4n) is 2.64. The van der Waals surface area contributed by atoms with Crippen molar-refractivity contribution >= 4 is 24.0 Å². The third-order valence-electron chi connectivity index (χ3n) is 4.03. The zero-order valence-corrected chi connectivity index (χ0v) is 14.8. The summed E-state index contributed by atoms with van der Waals surface area (Å²) in [6.45, 7) is 3.89. The SMILES string of the molecule is C=c1[nH]n(-c2nc(-c3ccc(F)cc3)cs2)c(=O)c1=Cc1ccc(O)cc1. The second kappa shape index (κ2) is 6.69. The molecule has 4 aromatic rings. The van der Waals surface area contributed by atoms with E-state index in [1.807, 2.05) is 5.38 Å².